The van der Waals surface area contributed by atoms with Gasteiger partial charge in [-0.15, -0.1) is 0 Å². The monoisotopic (exact) mass is 232 g/mol. The van der Waals surface area contributed by atoms with Gasteiger partial charge in [-0.05, 0) is 17.7 Å². The molecule has 2 N–H and O–H groups in total. The number of nitrogens with one attached hydrogen (secondary N) is 1. The van der Waals surface area contributed by atoms with Crippen molar-refractivity contribution < 1.29 is 9.84 Å². The Kier molecular flexibility index (Phi) is 2.74. The Hall–Kier alpha value is -1.52. The fraction of sp³-hybridized carbons (Fsp3) is 0.385. The number of fused-ring (bicyclic) bond motifs is 1. The van der Waals surface area contributed by atoms with E-state index in [0.29, 0.717) is 5.75 Å². The largest absolute Gasteiger partial charge is 0.507 e. The average Bonchev–Trinajstić information content (AvgIpc) is 2.75. The summed E-state index contributed by atoms with van der Waals surface area (Å²) in [6, 6.07) is 5.57. The number of hydrogen-bond donors (Lipinski definition) is 2. The van der Waals surface area contributed by atoms with E-state index < -0.39 is 0 Å². The normalized spacial score (nSPS) is 17.6. The molecule has 17 heavy (non-hydrogen) atoms. The summed E-state index contributed by atoms with van der Waals surface area (Å²) in [5.74, 6) is 0.354. The van der Waals surface area contributed by atoms with Crippen molar-refractivity contribution in [1.82, 2.24) is 9.88 Å². The first kappa shape index (κ1) is 10.6. The summed E-state index contributed by atoms with van der Waals surface area (Å²) in [6.07, 6.45) is 1.99. The number of morpholine rings is 1. The van der Waals surface area contributed by atoms with Gasteiger partial charge in [-0.2, -0.15) is 0 Å². The van der Waals surface area contributed by atoms with Gasteiger partial charge in [0.25, 0.3) is 0 Å². The minimum absolute atomic E-state index is 0.354. The molecule has 4 heteroatoms. The lowest BCUT2D eigenvalue weighted by atomic mass is 10.1. The zero-order chi connectivity index (χ0) is 11.7. The molecule has 0 atom stereocenters. The molecule has 3 rings (SSSR count). The summed E-state index contributed by atoms with van der Waals surface area (Å²) in [7, 11) is 0. The number of phenolic OH excluding ortho intramolecular Hbond substituents is 1. The molecular formula is C13H16N2O2. The molecule has 4 nitrogen and oxygen atoms in total. The fourth-order valence-corrected chi connectivity index (χ4v) is 2.36. The highest BCUT2D eigenvalue weighted by Gasteiger charge is 2.14. The van der Waals surface area contributed by atoms with Crippen LogP contribution in [0.25, 0.3) is 10.9 Å². The van der Waals surface area contributed by atoms with E-state index in [4.69, 9.17) is 4.74 Å². The van der Waals surface area contributed by atoms with Gasteiger partial charge in [0.1, 0.15) is 5.75 Å². The van der Waals surface area contributed by atoms with E-state index in [1.54, 1.807) is 6.07 Å². The standard InChI is InChI=1S/C13H16N2O2/c16-12-3-1-2-11-13(12)10(8-14-11)9-15-4-6-17-7-5-15/h1-3,8,14,16H,4-7,9H2. The fourth-order valence-electron chi connectivity index (χ4n) is 2.36. The summed E-state index contributed by atoms with van der Waals surface area (Å²) in [4.78, 5) is 5.55. The molecular weight excluding hydrogens is 216 g/mol. The second-order valence-corrected chi connectivity index (χ2v) is 4.40. The van der Waals surface area contributed by atoms with Gasteiger partial charge < -0.3 is 14.8 Å². The second kappa shape index (κ2) is 4.39. The molecule has 1 aromatic carbocycles. The van der Waals surface area contributed by atoms with Crippen molar-refractivity contribution in [1.29, 1.82) is 0 Å². The molecule has 0 radical (unpaired) electrons. The van der Waals surface area contributed by atoms with Crippen LogP contribution in [0.2, 0.25) is 0 Å². The molecule has 2 heterocycles. The van der Waals surface area contributed by atoms with E-state index in [9.17, 15) is 5.11 Å². The van der Waals surface area contributed by atoms with Gasteiger partial charge in [-0.25, -0.2) is 0 Å². The number of hydrogen-bond acceptors (Lipinski definition) is 3. The lowest BCUT2D eigenvalue weighted by Gasteiger charge is -2.26. The van der Waals surface area contributed by atoms with Gasteiger partial charge in [0.15, 0.2) is 0 Å². The maximum atomic E-state index is 9.91. The number of nitrogens with zero attached hydrogens (tertiary/aromatic N) is 1. The maximum Gasteiger partial charge on any atom is 0.125 e. The van der Waals surface area contributed by atoms with Gasteiger partial charge in [0, 0.05) is 36.7 Å². The highest BCUT2D eigenvalue weighted by atomic mass is 16.5. The molecule has 0 saturated carbocycles. The molecule has 1 aromatic heterocycles. The second-order valence-electron chi connectivity index (χ2n) is 4.40. The van der Waals surface area contributed by atoms with Gasteiger partial charge >= 0.3 is 0 Å². The Morgan fingerprint density at radius 3 is 2.94 bits per heavy atom. The van der Waals surface area contributed by atoms with Crippen LogP contribution in [0.3, 0.4) is 0 Å². The zero-order valence-corrected chi connectivity index (χ0v) is 9.65. The predicted octanol–water partition coefficient (Wildman–Crippen LogP) is 1.71. The summed E-state index contributed by atoms with van der Waals surface area (Å²) in [6.45, 7) is 4.38. The number of aromatic nitrogens is 1. The van der Waals surface area contributed by atoms with Crippen LogP contribution in [0.15, 0.2) is 24.4 Å². The van der Waals surface area contributed by atoms with Gasteiger partial charge in [0.05, 0.1) is 13.2 Å². The van der Waals surface area contributed by atoms with Gasteiger partial charge in [-0.3, -0.25) is 4.90 Å². The van der Waals surface area contributed by atoms with Crippen LogP contribution >= 0.6 is 0 Å². The molecule has 90 valence electrons. The van der Waals surface area contributed by atoms with Crippen molar-refractivity contribution >= 4 is 10.9 Å². The molecule has 0 spiro atoms. The first-order valence-corrected chi connectivity index (χ1v) is 5.92. The van der Waals surface area contributed by atoms with Crippen LogP contribution in [0.4, 0.5) is 0 Å². The molecule has 0 bridgehead atoms. The van der Waals surface area contributed by atoms with E-state index in [1.165, 1.54) is 0 Å². The van der Waals surface area contributed by atoms with Crippen molar-refractivity contribution in [3.8, 4) is 5.75 Å². The molecule has 1 aliphatic heterocycles. The Balaban J connectivity index is 1.89. The predicted molar refractivity (Wildman–Crippen MR) is 66.1 cm³/mol. The third-order valence-electron chi connectivity index (χ3n) is 3.26. The molecule has 1 aliphatic rings. The van der Waals surface area contributed by atoms with Crippen LogP contribution in [0.1, 0.15) is 5.56 Å². The van der Waals surface area contributed by atoms with Crippen molar-refractivity contribution in [3.05, 3.63) is 30.0 Å². The molecule has 0 unspecified atom stereocenters. The summed E-state index contributed by atoms with van der Waals surface area (Å²) in [5, 5.41) is 10.9. The SMILES string of the molecule is Oc1cccc2[nH]cc(CN3CCOCC3)c12. The number of H-pyrrole nitrogens is 1. The van der Waals surface area contributed by atoms with E-state index in [1.807, 2.05) is 18.3 Å². The zero-order valence-electron chi connectivity index (χ0n) is 9.65. The quantitative estimate of drug-likeness (QED) is 0.828. The number of rotatable bonds is 2. The van der Waals surface area contributed by atoms with Crippen LogP contribution in [-0.4, -0.2) is 41.3 Å². The van der Waals surface area contributed by atoms with E-state index in [0.717, 1.165) is 49.3 Å². The maximum absolute atomic E-state index is 9.91. The average molecular weight is 232 g/mol. The number of aromatic hydroxyl groups is 1. The highest BCUT2D eigenvalue weighted by molar-refractivity contribution is 5.88. The van der Waals surface area contributed by atoms with Crippen LogP contribution in [-0.2, 0) is 11.3 Å². The third-order valence-corrected chi connectivity index (χ3v) is 3.26. The molecule has 0 amide bonds. The lowest BCUT2D eigenvalue weighted by molar-refractivity contribution is 0.0343. The van der Waals surface area contributed by atoms with Crippen molar-refractivity contribution in [2.24, 2.45) is 0 Å². The minimum atomic E-state index is 0.354. The summed E-state index contributed by atoms with van der Waals surface area (Å²) in [5.41, 5.74) is 2.15. The topological polar surface area (TPSA) is 48.5 Å². The molecule has 0 aliphatic carbocycles. The molecule has 1 saturated heterocycles. The smallest absolute Gasteiger partial charge is 0.125 e. The number of phenols is 1. The first-order valence-electron chi connectivity index (χ1n) is 5.92. The number of ether oxygens (including phenoxy) is 1. The van der Waals surface area contributed by atoms with Crippen LogP contribution in [0, 0.1) is 0 Å². The number of benzene rings is 1. The molecule has 2 aromatic rings. The lowest BCUT2D eigenvalue weighted by Crippen LogP contribution is -2.35. The number of aromatic amines is 1. The van der Waals surface area contributed by atoms with Crippen molar-refractivity contribution in [2.45, 2.75) is 6.54 Å². The highest BCUT2D eigenvalue weighted by Crippen LogP contribution is 2.28. The third kappa shape index (κ3) is 2.01. The van der Waals surface area contributed by atoms with Crippen molar-refractivity contribution in [3.63, 3.8) is 0 Å². The summed E-state index contributed by atoms with van der Waals surface area (Å²) >= 11 is 0. The first-order chi connectivity index (χ1) is 8.34. The Bertz CT molecular complexity index is 515. The van der Waals surface area contributed by atoms with Crippen molar-refractivity contribution in [2.75, 3.05) is 26.3 Å². The van der Waals surface area contributed by atoms with Crippen LogP contribution in [0.5, 0.6) is 5.75 Å². The van der Waals surface area contributed by atoms with Gasteiger partial charge in [-0.1, -0.05) is 6.07 Å². The Morgan fingerprint density at radius 2 is 2.12 bits per heavy atom. The van der Waals surface area contributed by atoms with Gasteiger partial charge in [0.2, 0.25) is 0 Å². The minimum Gasteiger partial charge on any atom is -0.507 e. The Labute approximate surface area is 99.8 Å². The summed E-state index contributed by atoms with van der Waals surface area (Å²) < 4.78 is 5.33. The Morgan fingerprint density at radius 1 is 1.29 bits per heavy atom. The van der Waals surface area contributed by atoms with Crippen LogP contribution < -0.4 is 0 Å². The van der Waals surface area contributed by atoms with E-state index in [2.05, 4.69) is 9.88 Å². The van der Waals surface area contributed by atoms with E-state index in [-0.39, 0.29) is 0 Å². The van der Waals surface area contributed by atoms with E-state index >= 15 is 0 Å². The molecule has 1 fully saturated rings.